The van der Waals surface area contributed by atoms with Crippen LogP contribution in [0.2, 0.25) is 5.02 Å². The number of aliphatic imine (C=N–C) groups is 1. The Morgan fingerprint density at radius 1 is 1.03 bits per heavy atom. The maximum Gasteiger partial charge on any atom is 0.363 e. The van der Waals surface area contributed by atoms with E-state index < -0.39 is 11.8 Å². The minimum absolute atomic E-state index is 0.0867. The smallest absolute Gasteiger partial charge is 0.363 e. The number of hydrogen-bond donors (Lipinski definition) is 0. The van der Waals surface area contributed by atoms with Gasteiger partial charge in [-0.2, -0.15) is 0 Å². The first-order valence-electron chi connectivity index (χ1n) is 8.83. The number of halogens is 2. The zero-order valence-electron chi connectivity index (χ0n) is 15.1. The number of rotatable bonds is 5. The third-order valence-electron chi connectivity index (χ3n) is 4.19. The first kappa shape index (κ1) is 18.9. The van der Waals surface area contributed by atoms with Crippen LogP contribution in [0, 0.1) is 5.82 Å². The van der Waals surface area contributed by atoms with Crippen molar-refractivity contribution in [2.24, 2.45) is 4.99 Å². The number of cyclic esters (lactones) is 1. The summed E-state index contributed by atoms with van der Waals surface area (Å²) < 4.78 is 24.3. The van der Waals surface area contributed by atoms with Gasteiger partial charge in [0.2, 0.25) is 5.90 Å². The Bertz CT molecular complexity index is 1110. The van der Waals surface area contributed by atoms with Crippen molar-refractivity contribution in [1.29, 1.82) is 0 Å². The van der Waals surface area contributed by atoms with Gasteiger partial charge >= 0.3 is 5.97 Å². The Morgan fingerprint density at radius 2 is 1.79 bits per heavy atom. The van der Waals surface area contributed by atoms with Gasteiger partial charge in [0, 0.05) is 10.6 Å². The molecule has 0 N–H and O–H groups in total. The Kier molecular flexibility index (Phi) is 5.40. The molecule has 29 heavy (non-hydrogen) atoms. The van der Waals surface area contributed by atoms with Gasteiger partial charge in [-0.25, -0.2) is 14.2 Å². The molecule has 4 nitrogen and oxygen atoms in total. The second-order valence-corrected chi connectivity index (χ2v) is 6.77. The van der Waals surface area contributed by atoms with E-state index in [2.05, 4.69) is 4.99 Å². The van der Waals surface area contributed by atoms with E-state index in [4.69, 9.17) is 21.1 Å². The van der Waals surface area contributed by atoms with Crippen LogP contribution in [-0.2, 0) is 16.1 Å². The zero-order chi connectivity index (χ0) is 20.2. The van der Waals surface area contributed by atoms with Crippen molar-refractivity contribution in [3.8, 4) is 5.75 Å². The number of nitrogens with zero attached hydrogens (tertiary/aromatic N) is 1. The van der Waals surface area contributed by atoms with Crippen molar-refractivity contribution in [2.75, 3.05) is 0 Å². The van der Waals surface area contributed by atoms with Gasteiger partial charge in [-0.05, 0) is 59.7 Å². The molecule has 1 aliphatic rings. The van der Waals surface area contributed by atoms with Gasteiger partial charge in [-0.1, -0.05) is 41.9 Å². The van der Waals surface area contributed by atoms with Crippen LogP contribution in [-0.4, -0.2) is 11.9 Å². The van der Waals surface area contributed by atoms with Gasteiger partial charge in [0.1, 0.15) is 18.2 Å². The second kappa shape index (κ2) is 8.29. The van der Waals surface area contributed by atoms with E-state index in [-0.39, 0.29) is 11.6 Å². The molecule has 3 aromatic carbocycles. The van der Waals surface area contributed by atoms with E-state index in [1.165, 1.54) is 18.2 Å². The molecule has 0 spiro atoms. The molecule has 0 atom stereocenters. The van der Waals surface area contributed by atoms with Gasteiger partial charge in [-0.15, -0.1) is 0 Å². The Hall–Kier alpha value is -3.44. The van der Waals surface area contributed by atoms with Gasteiger partial charge in [0.05, 0.1) is 0 Å². The number of hydrogen-bond acceptors (Lipinski definition) is 4. The number of esters is 1. The molecule has 0 saturated heterocycles. The van der Waals surface area contributed by atoms with Gasteiger partial charge in [0.25, 0.3) is 0 Å². The largest absolute Gasteiger partial charge is 0.489 e. The van der Waals surface area contributed by atoms with Crippen molar-refractivity contribution in [2.45, 2.75) is 6.61 Å². The highest BCUT2D eigenvalue weighted by atomic mass is 35.5. The van der Waals surface area contributed by atoms with Crippen LogP contribution in [0.15, 0.2) is 83.5 Å². The van der Waals surface area contributed by atoms with E-state index in [9.17, 15) is 9.18 Å². The summed E-state index contributed by atoms with van der Waals surface area (Å²) in [6.45, 7) is 0.422. The normalized spacial score (nSPS) is 14.6. The van der Waals surface area contributed by atoms with E-state index in [0.717, 1.165) is 11.1 Å². The second-order valence-electron chi connectivity index (χ2n) is 6.33. The number of ether oxygens (including phenoxy) is 2. The van der Waals surface area contributed by atoms with Crippen LogP contribution in [0.4, 0.5) is 4.39 Å². The molecular formula is C23H15ClFNO3. The fourth-order valence-electron chi connectivity index (χ4n) is 2.72. The topological polar surface area (TPSA) is 47.9 Å². The summed E-state index contributed by atoms with van der Waals surface area (Å²) in [6, 6.07) is 20.4. The summed E-state index contributed by atoms with van der Waals surface area (Å²) in [6.07, 6.45) is 1.61. The van der Waals surface area contributed by atoms with E-state index in [0.29, 0.717) is 22.9 Å². The van der Waals surface area contributed by atoms with Gasteiger partial charge in [0.15, 0.2) is 5.70 Å². The molecule has 1 aliphatic heterocycles. The maximum atomic E-state index is 13.4. The third-order valence-corrected chi connectivity index (χ3v) is 4.45. The SMILES string of the molecule is O=C1OC(c2cccc(F)c2)=N/C1=C/c1ccc(OCc2ccc(Cl)cc2)cc1. The van der Waals surface area contributed by atoms with Crippen molar-refractivity contribution in [3.63, 3.8) is 0 Å². The summed E-state index contributed by atoms with van der Waals surface area (Å²) in [4.78, 5) is 16.2. The Labute approximate surface area is 171 Å². The number of carbonyl (C=O) groups excluding carboxylic acids is 1. The standard InChI is InChI=1S/C23H15ClFNO3/c24-18-8-4-16(5-9-18)14-28-20-10-6-15(7-11-20)12-21-23(27)29-22(26-21)17-2-1-3-19(25)13-17/h1-13H,14H2/b21-12+. The minimum atomic E-state index is -0.577. The lowest BCUT2D eigenvalue weighted by Gasteiger charge is -2.06. The van der Waals surface area contributed by atoms with Crippen molar-refractivity contribution in [1.82, 2.24) is 0 Å². The molecule has 0 bridgehead atoms. The van der Waals surface area contributed by atoms with Crippen molar-refractivity contribution in [3.05, 3.63) is 106 Å². The molecule has 0 unspecified atom stereocenters. The highest BCUT2D eigenvalue weighted by Crippen LogP contribution is 2.21. The molecule has 0 radical (unpaired) electrons. The maximum absolute atomic E-state index is 13.4. The highest BCUT2D eigenvalue weighted by Gasteiger charge is 2.24. The Morgan fingerprint density at radius 3 is 2.52 bits per heavy atom. The average Bonchev–Trinajstić information content (AvgIpc) is 3.09. The summed E-state index contributed by atoms with van der Waals surface area (Å²) in [5.41, 5.74) is 2.33. The van der Waals surface area contributed by atoms with Crippen LogP contribution < -0.4 is 4.74 Å². The number of benzene rings is 3. The highest BCUT2D eigenvalue weighted by molar-refractivity contribution is 6.30. The summed E-state index contributed by atoms with van der Waals surface area (Å²) in [7, 11) is 0. The molecule has 1 heterocycles. The fraction of sp³-hybridized carbons (Fsp3) is 0.0435. The van der Waals surface area contributed by atoms with Crippen LogP contribution in [0.25, 0.3) is 6.08 Å². The monoisotopic (exact) mass is 407 g/mol. The molecule has 0 fully saturated rings. The lowest BCUT2D eigenvalue weighted by molar-refractivity contribution is -0.129. The van der Waals surface area contributed by atoms with E-state index in [1.54, 1.807) is 24.3 Å². The molecule has 0 aliphatic carbocycles. The van der Waals surface area contributed by atoms with Crippen LogP contribution in [0.5, 0.6) is 5.75 Å². The Balaban J connectivity index is 1.45. The van der Waals surface area contributed by atoms with Crippen LogP contribution >= 0.6 is 11.6 Å². The van der Waals surface area contributed by atoms with Gasteiger partial charge < -0.3 is 9.47 Å². The summed E-state index contributed by atoms with van der Waals surface area (Å²) in [5, 5.41) is 0.680. The minimum Gasteiger partial charge on any atom is -0.489 e. The lowest BCUT2D eigenvalue weighted by atomic mass is 10.2. The number of carbonyl (C=O) groups is 1. The molecule has 4 rings (SSSR count). The van der Waals surface area contributed by atoms with Crippen molar-refractivity contribution >= 4 is 29.5 Å². The summed E-state index contributed by atoms with van der Waals surface area (Å²) in [5.74, 6) is -0.219. The molecular weight excluding hydrogens is 393 g/mol. The predicted octanol–water partition coefficient (Wildman–Crippen LogP) is 5.40. The van der Waals surface area contributed by atoms with E-state index in [1.807, 2.05) is 36.4 Å². The van der Waals surface area contributed by atoms with E-state index >= 15 is 0 Å². The quantitative estimate of drug-likeness (QED) is 0.420. The van der Waals surface area contributed by atoms with Crippen LogP contribution in [0.3, 0.4) is 0 Å². The average molecular weight is 408 g/mol. The molecule has 0 saturated carbocycles. The van der Waals surface area contributed by atoms with Crippen LogP contribution in [0.1, 0.15) is 16.7 Å². The van der Waals surface area contributed by atoms with Crippen molar-refractivity contribution < 1.29 is 18.7 Å². The summed E-state index contributed by atoms with van der Waals surface area (Å²) >= 11 is 5.87. The third kappa shape index (κ3) is 4.70. The molecule has 0 aromatic heterocycles. The molecule has 3 aromatic rings. The molecule has 144 valence electrons. The zero-order valence-corrected chi connectivity index (χ0v) is 15.9. The molecule has 0 amide bonds. The molecule has 6 heteroatoms. The first-order valence-corrected chi connectivity index (χ1v) is 9.20. The predicted molar refractivity (Wildman–Crippen MR) is 109 cm³/mol. The van der Waals surface area contributed by atoms with Gasteiger partial charge in [-0.3, -0.25) is 0 Å². The lowest BCUT2D eigenvalue weighted by Crippen LogP contribution is -2.05. The fourth-order valence-corrected chi connectivity index (χ4v) is 2.85. The first-order chi connectivity index (χ1) is 14.1.